The molecule has 1 saturated heterocycles. The van der Waals surface area contributed by atoms with Crippen LogP contribution in [0, 0.1) is 5.41 Å². The number of nitrogens with zero attached hydrogens (tertiary/aromatic N) is 1. The van der Waals surface area contributed by atoms with Gasteiger partial charge in [0.1, 0.15) is 6.04 Å². The van der Waals surface area contributed by atoms with Gasteiger partial charge in [-0.15, -0.1) is 0 Å². The van der Waals surface area contributed by atoms with Gasteiger partial charge in [-0.1, -0.05) is 5.06 Å². The Morgan fingerprint density at radius 2 is 2.28 bits per heavy atom. The first-order chi connectivity index (χ1) is 8.41. The summed E-state index contributed by atoms with van der Waals surface area (Å²) in [4.78, 5) is 38.1. The number of carbonyl (C=O) groups is 3. The summed E-state index contributed by atoms with van der Waals surface area (Å²) in [5.74, 6) is -1.49. The minimum absolute atomic E-state index is 0.154. The van der Waals surface area contributed by atoms with Crippen molar-refractivity contribution in [1.82, 2.24) is 15.7 Å². The van der Waals surface area contributed by atoms with E-state index in [1.165, 1.54) is 0 Å². The molecular weight excluding hydrogens is 242 g/mol. The summed E-state index contributed by atoms with van der Waals surface area (Å²) < 4.78 is 0. The second kappa shape index (κ2) is 5.84. The molecule has 1 aliphatic heterocycles. The van der Waals surface area contributed by atoms with Crippen molar-refractivity contribution >= 4 is 23.9 Å². The summed E-state index contributed by atoms with van der Waals surface area (Å²) in [6.45, 7) is 1.52. The lowest BCUT2D eigenvalue weighted by Crippen LogP contribution is -2.34. The van der Waals surface area contributed by atoms with E-state index in [4.69, 9.17) is 11.1 Å². The van der Waals surface area contributed by atoms with E-state index in [0.29, 0.717) is 24.4 Å². The molecule has 0 aromatic heterocycles. The third kappa shape index (κ3) is 3.61. The van der Waals surface area contributed by atoms with Gasteiger partial charge in [0.25, 0.3) is 5.91 Å². The normalized spacial score (nSPS) is 18.5. The fourth-order valence-corrected chi connectivity index (χ4v) is 1.45. The monoisotopic (exact) mass is 257 g/mol. The van der Waals surface area contributed by atoms with Gasteiger partial charge >= 0.3 is 12.0 Å². The van der Waals surface area contributed by atoms with E-state index in [-0.39, 0.29) is 5.96 Å². The largest absolute Gasteiger partial charge is 0.370 e. The van der Waals surface area contributed by atoms with Crippen LogP contribution < -0.4 is 16.4 Å². The molecule has 0 radical (unpaired) electrons. The zero-order chi connectivity index (χ0) is 13.7. The van der Waals surface area contributed by atoms with Crippen molar-refractivity contribution in [3.05, 3.63) is 0 Å². The van der Waals surface area contributed by atoms with Gasteiger partial charge in [0, 0.05) is 13.5 Å². The summed E-state index contributed by atoms with van der Waals surface area (Å²) in [6.07, 6.45) is 0.896. The SMILES string of the molecule is CC(=O)ON1C(=O)N[C@H](CCCNC(=N)N)C1=O. The van der Waals surface area contributed by atoms with Crippen molar-refractivity contribution in [2.75, 3.05) is 6.54 Å². The molecule has 0 aromatic rings. The predicted molar refractivity (Wildman–Crippen MR) is 60.1 cm³/mol. The second-order valence-electron chi connectivity index (χ2n) is 3.70. The van der Waals surface area contributed by atoms with E-state index in [1.54, 1.807) is 0 Å². The van der Waals surface area contributed by atoms with Crippen LogP contribution in [0.15, 0.2) is 0 Å². The van der Waals surface area contributed by atoms with Crippen LogP contribution in [0.25, 0.3) is 0 Å². The number of hydrogen-bond donors (Lipinski definition) is 4. The van der Waals surface area contributed by atoms with Crippen molar-refractivity contribution in [2.24, 2.45) is 5.73 Å². The van der Waals surface area contributed by atoms with Crippen molar-refractivity contribution in [2.45, 2.75) is 25.8 Å². The number of rotatable bonds is 5. The van der Waals surface area contributed by atoms with Crippen molar-refractivity contribution in [3.8, 4) is 0 Å². The molecule has 0 unspecified atom stereocenters. The highest BCUT2D eigenvalue weighted by Crippen LogP contribution is 2.11. The molecule has 1 fully saturated rings. The van der Waals surface area contributed by atoms with Crippen LogP contribution in [0.2, 0.25) is 0 Å². The first-order valence-electron chi connectivity index (χ1n) is 5.32. The Balaban J connectivity index is 2.40. The predicted octanol–water partition coefficient (Wildman–Crippen LogP) is -1.35. The molecule has 1 atom stereocenters. The maximum absolute atomic E-state index is 11.7. The summed E-state index contributed by atoms with van der Waals surface area (Å²) >= 11 is 0. The number of carbonyl (C=O) groups excluding carboxylic acids is 3. The zero-order valence-corrected chi connectivity index (χ0v) is 9.86. The minimum Gasteiger partial charge on any atom is -0.370 e. The second-order valence-corrected chi connectivity index (χ2v) is 3.70. The minimum atomic E-state index is -0.750. The highest BCUT2D eigenvalue weighted by Gasteiger charge is 2.40. The Labute approximate surface area is 103 Å². The molecule has 3 amide bonds. The van der Waals surface area contributed by atoms with E-state index in [9.17, 15) is 14.4 Å². The first-order valence-corrected chi connectivity index (χ1v) is 5.32. The molecule has 1 rings (SSSR count). The van der Waals surface area contributed by atoms with E-state index >= 15 is 0 Å². The first kappa shape index (κ1) is 13.7. The number of nitrogens with one attached hydrogen (secondary N) is 3. The lowest BCUT2D eigenvalue weighted by molar-refractivity contribution is -0.180. The van der Waals surface area contributed by atoms with Gasteiger partial charge < -0.3 is 21.2 Å². The number of hydroxylamine groups is 2. The number of urea groups is 1. The Hall–Kier alpha value is -2.32. The standard InChI is InChI=1S/C9H15N5O4/c1-5(15)18-14-7(16)6(13-9(14)17)3-2-4-12-8(10)11/h6H,2-4H2,1H3,(H,13,17)(H4,10,11,12)/t6-/m1/s1. The van der Waals surface area contributed by atoms with Gasteiger partial charge in [0.05, 0.1) is 0 Å². The third-order valence-electron chi connectivity index (χ3n) is 2.19. The molecule has 9 nitrogen and oxygen atoms in total. The number of amides is 3. The molecule has 9 heteroatoms. The van der Waals surface area contributed by atoms with Gasteiger partial charge in [-0.25, -0.2) is 9.59 Å². The van der Waals surface area contributed by atoms with Gasteiger partial charge in [0.15, 0.2) is 5.96 Å². The van der Waals surface area contributed by atoms with Crippen LogP contribution in [0.4, 0.5) is 4.79 Å². The van der Waals surface area contributed by atoms with Crippen molar-refractivity contribution in [3.63, 3.8) is 0 Å². The van der Waals surface area contributed by atoms with Crippen LogP contribution >= 0.6 is 0 Å². The van der Waals surface area contributed by atoms with Gasteiger partial charge in [-0.3, -0.25) is 10.2 Å². The quantitative estimate of drug-likeness (QED) is 0.208. The molecule has 1 heterocycles. The molecule has 1 aliphatic rings. The molecule has 0 aromatic carbocycles. The molecule has 0 aliphatic carbocycles. The fraction of sp³-hybridized carbons (Fsp3) is 0.556. The number of guanidine groups is 1. The summed E-state index contributed by atoms with van der Waals surface area (Å²) in [5, 5.41) is 12.3. The average molecular weight is 257 g/mol. The highest BCUT2D eigenvalue weighted by atomic mass is 16.7. The molecule has 0 bridgehead atoms. The molecule has 0 saturated carbocycles. The van der Waals surface area contributed by atoms with E-state index in [1.807, 2.05) is 0 Å². The van der Waals surface area contributed by atoms with E-state index in [0.717, 1.165) is 6.92 Å². The third-order valence-corrected chi connectivity index (χ3v) is 2.19. The molecular formula is C9H15N5O4. The number of hydrogen-bond acceptors (Lipinski definition) is 5. The van der Waals surface area contributed by atoms with Gasteiger partial charge in [0.2, 0.25) is 0 Å². The van der Waals surface area contributed by atoms with Crippen molar-refractivity contribution in [1.29, 1.82) is 5.41 Å². The van der Waals surface area contributed by atoms with Crippen LogP contribution in [-0.4, -0.2) is 41.5 Å². The fourth-order valence-electron chi connectivity index (χ4n) is 1.45. The maximum atomic E-state index is 11.7. The van der Waals surface area contributed by atoms with Crippen LogP contribution in [0.1, 0.15) is 19.8 Å². The smallest absolute Gasteiger partial charge is 0.359 e. The van der Waals surface area contributed by atoms with Crippen LogP contribution in [-0.2, 0) is 14.4 Å². The lowest BCUT2D eigenvalue weighted by Gasteiger charge is -2.10. The summed E-state index contributed by atoms with van der Waals surface area (Å²) in [7, 11) is 0. The topological polar surface area (TPSA) is 138 Å². The average Bonchev–Trinajstić information content (AvgIpc) is 2.51. The summed E-state index contributed by atoms with van der Waals surface area (Å²) in [5.41, 5.74) is 5.08. The van der Waals surface area contributed by atoms with Gasteiger partial charge in [-0.2, -0.15) is 0 Å². The van der Waals surface area contributed by atoms with Crippen LogP contribution in [0.5, 0.6) is 0 Å². The Bertz CT molecular complexity index is 383. The van der Waals surface area contributed by atoms with E-state index < -0.39 is 23.9 Å². The highest BCUT2D eigenvalue weighted by molar-refractivity contribution is 6.03. The summed E-state index contributed by atoms with van der Waals surface area (Å²) in [6, 6.07) is -1.47. The number of nitrogens with two attached hydrogens (primary N) is 1. The van der Waals surface area contributed by atoms with Crippen LogP contribution in [0.3, 0.4) is 0 Å². The van der Waals surface area contributed by atoms with E-state index in [2.05, 4.69) is 15.5 Å². The lowest BCUT2D eigenvalue weighted by atomic mass is 10.1. The Morgan fingerprint density at radius 3 is 2.83 bits per heavy atom. The molecule has 100 valence electrons. The van der Waals surface area contributed by atoms with Gasteiger partial charge in [-0.05, 0) is 12.8 Å². The molecule has 0 spiro atoms. The molecule has 18 heavy (non-hydrogen) atoms. The Kier molecular flexibility index (Phi) is 4.46. The van der Waals surface area contributed by atoms with Crippen molar-refractivity contribution < 1.29 is 19.2 Å². The number of imide groups is 1. The Morgan fingerprint density at radius 1 is 1.61 bits per heavy atom. The molecule has 5 N–H and O–H groups in total. The zero-order valence-electron chi connectivity index (χ0n) is 9.86. The maximum Gasteiger partial charge on any atom is 0.359 e.